The second-order valence-corrected chi connectivity index (χ2v) is 11.0. The topological polar surface area (TPSA) is 96.0 Å². The maximum Gasteiger partial charge on any atom is 0.243 e. The van der Waals surface area contributed by atoms with Crippen LogP contribution in [0.2, 0.25) is 0 Å². The summed E-state index contributed by atoms with van der Waals surface area (Å²) in [5.74, 6) is 0.136. The van der Waals surface area contributed by atoms with Crippen LogP contribution >= 0.6 is 0 Å². The molecule has 9 heteroatoms. The van der Waals surface area contributed by atoms with Crippen LogP contribution in [0.25, 0.3) is 0 Å². The van der Waals surface area contributed by atoms with Crippen molar-refractivity contribution >= 4 is 33.2 Å². The maximum absolute atomic E-state index is 13.3. The number of nitrogens with one attached hydrogen (secondary N) is 1. The SMILES string of the molecule is COc1ccc(C)cc1NC(=O)C1CCN(S(=O)(=O)c2ccc3c(c2)C[C@@H](C)N3C(C)=O)CC1. The van der Waals surface area contributed by atoms with Gasteiger partial charge in [-0.15, -0.1) is 0 Å². The van der Waals surface area contributed by atoms with Crippen molar-refractivity contribution in [1.82, 2.24) is 4.31 Å². The van der Waals surface area contributed by atoms with Gasteiger partial charge in [-0.3, -0.25) is 9.59 Å². The largest absolute Gasteiger partial charge is 0.495 e. The number of benzene rings is 2. The average Bonchev–Trinajstić information content (AvgIpc) is 3.14. The number of hydrogen-bond donors (Lipinski definition) is 1. The maximum atomic E-state index is 13.3. The third-order valence-corrected chi connectivity index (χ3v) is 8.58. The summed E-state index contributed by atoms with van der Waals surface area (Å²) in [5, 5.41) is 2.94. The monoisotopic (exact) mass is 485 g/mol. The number of ether oxygens (including phenoxy) is 1. The smallest absolute Gasteiger partial charge is 0.243 e. The standard InChI is InChI=1S/C25H31N3O5S/c1-16-5-8-24(33-4)22(13-16)26-25(30)19-9-11-27(12-10-19)34(31,32)21-6-7-23-20(15-21)14-17(2)28(23)18(3)29/h5-8,13,15,17,19H,9-12,14H2,1-4H3,(H,26,30)/t17-/m1/s1. The lowest BCUT2D eigenvalue weighted by atomic mass is 9.97. The molecule has 34 heavy (non-hydrogen) atoms. The van der Waals surface area contributed by atoms with Gasteiger partial charge in [-0.05, 0) is 74.6 Å². The van der Waals surface area contributed by atoms with Crippen LogP contribution in [0.4, 0.5) is 11.4 Å². The molecule has 182 valence electrons. The van der Waals surface area contributed by atoms with Crippen LogP contribution in [-0.4, -0.2) is 50.8 Å². The van der Waals surface area contributed by atoms with Crippen molar-refractivity contribution in [2.45, 2.75) is 51.0 Å². The number of fused-ring (bicyclic) bond motifs is 1. The molecule has 2 aliphatic rings. The van der Waals surface area contributed by atoms with E-state index in [1.54, 1.807) is 30.2 Å². The van der Waals surface area contributed by atoms with E-state index in [2.05, 4.69) is 5.32 Å². The fourth-order valence-corrected chi connectivity index (χ4v) is 6.43. The molecule has 0 aliphatic carbocycles. The highest BCUT2D eigenvalue weighted by atomic mass is 32.2. The van der Waals surface area contributed by atoms with Crippen molar-refractivity contribution in [3.05, 3.63) is 47.5 Å². The molecule has 1 saturated heterocycles. The first kappa shape index (κ1) is 24.2. The molecule has 0 aromatic heterocycles. The molecule has 0 spiro atoms. The first-order valence-corrected chi connectivity index (χ1v) is 12.9. The van der Waals surface area contributed by atoms with Crippen molar-refractivity contribution in [2.75, 3.05) is 30.4 Å². The summed E-state index contributed by atoms with van der Waals surface area (Å²) in [6.07, 6.45) is 1.52. The summed E-state index contributed by atoms with van der Waals surface area (Å²) in [6, 6.07) is 10.6. The molecule has 4 rings (SSSR count). The Morgan fingerprint density at radius 1 is 1.09 bits per heavy atom. The van der Waals surface area contributed by atoms with E-state index in [-0.39, 0.29) is 41.8 Å². The Balaban J connectivity index is 1.43. The number of hydrogen-bond acceptors (Lipinski definition) is 5. The fourth-order valence-electron chi connectivity index (χ4n) is 4.91. The normalized spacial score (nSPS) is 19.1. The van der Waals surface area contributed by atoms with Crippen LogP contribution in [0.1, 0.15) is 37.8 Å². The lowest BCUT2D eigenvalue weighted by Gasteiger charge is -2.30. The number of anilines is 2. The van der Waals surface area contributed by atoms with Crippen molar-refractivity contribution in [3.63, 3.8) is 0 Å². The molecule has 0 bridgehead atoms. The van der Waals surface area contributed by atoms with Crippen molar-refractivity contribution in [3.8, 4) is 5.75 Å². The van der Waals surface area contributed by atoms with Crippen LogP contribution in [0.3, 0.4) is 0 Å². The number of methoxy groups -OCH3 is 1. The molecule has 0 unspecified atom stereocenters. The molecule has 2 aliphatic heterocycles. The van der Waals surface area contributed by atoms with Crippen molar-refractivity contribution < 1.29 is 22.7 Å². The summed E-state index contributed by atoms with van der Waals surface area (Å²) in [5.41, 5.74) is 3.27. The van der Waals surface area contributed by atoms with Gasteiger partial charge in [0.1, 0.15) is 5.75 Å². The van der Waals surface area contributed by atoms with Gasteiger partial charge in [-0.2, -0.15) is 4.31 Å². The first-order valence-electron chi connectivity index (χ1n) is 11.5. The van der Waals surface area contributed by atoms with Gasteiger partial charge < -0.3 is 15.0 Å². The number of nitrogens with zero attached hydrogens (tertiary/aromatic N) is 2. The zero-order valence-corrected chi connectivity index (χ0v) is 20.8. The van der Waals surface area contributed by atoms with Gasteiger partial charge in [-0.1, -0.05) is 6.07 Å². The number of aryl methyl sites for hydroxylation is 1. The summed E-state index contributed by atoms with van der Waals surface area (Å²) >= 11 is 0. The number of rotatable bonds is 5. The molecule has 0 saturated carbocycles. The van der Waals surface area contributed by atoms with E-state index in [1.807, 2.05) is 32.0 Å². The summed E-state index contributed by atoms with van der Waals surface area (Å²) in [6.45, 7) is 5.97. The summed E-state index contributed by atoms with van der Waals surface area (Å²) < 4.78 is 33.4. The Hall–Kier alpha value is -2.91. The van der Waals surface area contributed by atoms with Crippen molar-refractivity contribution in [2.24, 2.45) is 5.92 Å². The van der Waals surface area contributed by atoms with Crippen LogP contribution in [0.15, 0.2) is 41.3 Å². The molecule has 1 fully saturated rings. The molecule has 2 amide bonds. The van der Waals surface area contributed by atoms with Gasteiger partial charge in [0.2, 0.25) is 21.8 Å². The molecule has 8 nitrogen and oxygen atoms in total. The van der Waals surface area contributed by atoms with Gasteiger partial charge >= 0.3 is 0 Å². The molecule has 2 aromatic carbocycles. The molecule has 0 radical (unpaired) electrons. The van der Waals surface area contributed by atoms with Gasteiger partial charge in [0.05, 0.1) is 17.7 Å². The number of amides is 2. The van der Waals surface area contributed by atoms with Gasteiger partial charge in [0, 0.05) is 37.7 Å². The van der Waals surface area contributed by atoms with E-state index in [0.717, 1.165) is 16.8 Å². The quantitative estimate of drug-likeness (QED) is 0.701. The van der Waals surface area contributed by atoms with Crippen LogP contribution in [0, 0.1) is 12.8 Å². The second kappa shape index (κ2) is 9.38. The third kappa shape index (κ3) is 4.54. The third-order valence-electron chi connectivity index (χ3n) is 6.68. The van der Waals surface area contributed by atoms with E-state index in [1.165, 1.54) is 11.2 Å². The molecule has 1 N–H and O–H groups in total. The minimum absolute atomic E-state index is 0.00624. The fraction of sp³-hybridized carbons (Fsp3) is 0.440. The van der Waals surface area contributed by atoms with Crippen LogP contribution in [-0.2, 0) is 26.0 Å². The Labute approximate surface area is 200 Å². The van der Waals surface area contributed by atoms with Crippen LogP contribution < -0.4 is 15.0 Å². The van der Waals surface area contributed by atoms with E-state index >= 15 is 0 Å². The Morgan fingerprint density at radius 3 is 2.44 bits per heavy atom. The van der Waals surface area contributed by atoms with E-state index in [4.69, 9.17) is 4.74 Å². The number of piperidine rings is 1. The number of sulfonamides is 1. The highest BCUT2D eigenvalue weighted by Crippen LogP contribution is 2.35. The Kier molecular flexibility index (Phi) is 6.69. The lowest BCUT2D eigenvalue weighted by Crippen LogP contribution is -2.41. The predicted octanol–water partition coefficient (Wildman–Crippen LogP) is 3.34. The average molecular weight is 486 g/mol. The molecule has 2 heterocycles. The summed E-state index contributed by atoms with van der Waals surface area (Å²) in [7, 11) is -2.13. The highest BCUT2D eigenvalue weighted by Gasteiger charge is 2.34. The van der Waals surface area contributed by atoms with E-state index in [9.17, 15) is 18.0 Å². The van der Waals surface area contributed by atoms with E-state index < -0.39 is 10.0 Å². The van der Waals surface area contributed by atoms with Crippen LogP contribution in [0.5, 0.6) is 5.75 Å². The molecular weight excluding hydrogens is 454 g/mol. The van der Waals surface area contributed by atoms with Crippen molar-refractivity contribution in [1.29, 1.82) is 0 Å². The molecule has 2 aromatic rings. The minimum Gasteiger partial charge on any atom is -0.495 e. The Bertz CT molecular complexity index is 1220. The van der Waals surface area contributed by atoms with Gasteiger partial charge in [-0.25, -0.2) is 8.42 Å². The first-order chi connectivity index (χ1) is 16.1. The van der Waals surface area contributed by atoms with Gasteiger partial charge in [0.25, 0.3) is 0 Å². The zero-order valence-electron chi connectivity index (χ0n) is 20.0. The minimum atomic E-state index is -3.68. The second-order valence-electron chi connectivity index (χ2n) is 9.10. The summed E-state index contributed by atoms with van der Waals surface area (Å²) in [4.78, 5) is 26.8. The molecule has 1 atom stereocenters. The van der Waals surface area contributed by atoms with E-state index in [0.29, 0.717) is 30.7 Å². The predicted molar refractivity (Wildman–Crippen MR) is 131 cm³/mol. The number of carbonyl (C=O) groups excluding carboxylic acids is 2. The Morgan fingerprint density at radius 2 is 1.79 bits per heavy atom. The molecular formula is C25H31N3O5S. The van der Waals surface area contributed by atoms with Gasteiger partial charge in [0.15, 0.2) is 0 Å². The lowest BCUT2D eigenvalue weighted by molar-refractivity contribution is -0.121. The highest BCUT2D eigenvalue weighted by molar-refractivity contribution is 7.89. The zero-order chi connectivity index (χ0) is 24.6. The number of carbonyl (C=O) groups is 2.